The van der Waals surface area contributed by atoms with Crippen molar-refractivity contribution in [3.63, 3.8) is 0 Å². The molecule has 4 rings (SSSR count). The van der Waals surface area contributed by atoms with Gasteiger partial charge in [-0.3, -0.25) is 9.59 Å². The fraction of sp³-hybridized carbons (Fsp3) is 0.619. The molecule has 2 saturated carbocycles. The second-order valence-corrected chi connectivity index (χ2v) is 9.11. The van der Waals surface area contributed by atoms with Gasteiger partial charge in [0.25, 0.3) is 0 Å². The fourth-order valence-electron chi connectivity index (χ4n) is 4.19. The molecule has 1 aliphatic heterocycles. The van der Waals surface area contributed by atoms with Crippen molar-refractivity contribution in [1.82, 2.24) is 4.90 Å². The normalized spacial score (nSPS) is 28.3. The van der Waals surface area contributed by atoms with Crippen molar-refractivity contribution in [2.45, 2.75) is 51.9 Å². The SMILES string of the molecule is CC(C)(C)c1ccccc1NC(=O)C1CCN(C(=O)C23CC2C3)CC1. The van der Waals surface area contributed by atoms with E-state index in [1.165, 1.54) is 0 Å². The molecule has 2 aliphatic carbocycles. The molecule has 1 aromatic carbocycles. The van der Waals surface area contributed by atoms with Crippen molar-refractivity contribution in [3.8, 4) is 0 Å². The van der Waals surface area contributed by atoms with Crippen molar-refractivity contribution >= 4 is 17.5 Å². The summed E-state index contributed by atoms with van der Waals surface area (Å²) in [7, 11) is 0. The third kappa shape index (κ3) is 2.96. The highest BCUT2D eigenvalue weighted by Gasteiger charge is 2.75. The molecule has 134 valence electrons. The standard InChI is InChI=1S/C21H28N2O2/c1-20(2,3)16-6-4-5-7-17(16)22-18(24)14-8-10-23(11-9-14)19(25)21-12-15(21)13-21/h4-7,14-15H,8-13H2,1-3H3,(H,22,24). The minimum atomic E-state index is -0.00989. The number of piperidine rings is 1. The molecule has 0 bridgehead atoms. The van der Waals surface area contributed by atoms with Crippen LogP contribution >= 0.6 is 0 Å². The highest BCUT2D eigenvalue weighted by molar-refractivity contribution is 5.94. The third-order valence-electron chi connectivity index (χ3n) is 6.25. The highest BCUT2D eigenvalue weighted by Crippen LogP contribution is 2.76. The van der Waals surface area contributed by atoms with E-state index < -0.39 is 0 Å². The van der Waals surface area contributed by atoms with E-state index in [1.807, 2.05) is 23.1 Å². The molecule has 4 heteroatoms. The zero-order valence-electron chi connectivity index (χ0n) is 15.5. The Kier molecular flexibility index (Phi) is 3.71. The Balaban J connectivity index is 1.36. The number of anilines is 1. The maximum Gasteiger partial charge on any atom is 0.229 e. The second kappa shape index (κ2) is 5.58. The molecule has 0 atom stereocenters. The number of carbonyl (C=O) groups is 2. The van der Waals surface area contributed by atoms with Crippen LogP contribution in [-0.4, -0.2) is 29.8 Å². The molecule has 0 aromatic heterocycles. The smallest absolute Gasteiger partial charge is 0.229 e. The number of nitrogens with one attached hydrogen (secondary N) is 1. The first-order valence-electron chi connectivity index (χ1n) is 9.51. The largest absolute Gasteiger partial charge is 0.342 e. The van der Waals surface area contributed by atoms with Gasteiger partial charge in [-0.15, -0.1) is 0 Å². The minimum Gasteiger partial charge on any atom is -0.342 e. The number of para-hydroxylation sites is 1. The van der Waals surface area contributed by atoms with Gasteiger partial charge in [-0.25, -0.2) is 0 Å². The number of hydrogen-bond donors (Lipinski definition) is 1. The minimum absolute atomic E-state index is 0.00350. The molecule has 1 heterocycles. The van der Waals surface area contributed by atoms with Crippen LogP contribution < -0.4 is 5.32 Å². The summed E-state index contributed by atoms with van der Waals surface area (Å²) in [6.07, 6.45) is 3.76. The Labute approximate surface area is 150 Å². The van der Waals surface area contributed by atoms with Crippen LogP contribution in [-0.2, 0) is 15.0 Å². The molecule has 1 N–H and O–H groups in total. The first kappa shape index (κ1) is 16.6. The predicted molar refractivity (Wildman–Crippen MR) is 98.2 cm³/mol. The van der Waals surface area contributed by atoms with E-state index >= 15 is 0 Å². The Hall–Kier alpha value is -1.84. The summed E-state index contributed by atoms with van der Waals surface area (Å²) in [4.78, 5) is 27.2. The lowest BCUT2D eigenvalue weighted by atomic mass is 9.85. The molecule has 4 nitrogen and oxygen atoms in total. The molecule has 1 saturated heterocycles. The monoisotopic (exact) mass is 340 g/mol. The van der Waals surface area contributed by atoms with E-state index in [0.29, 0.717) is 11.8 Å². The maximum absolute atomic E-state index is 12.7. The molecule has 0 unspecified atom stereocenters. The number of nitrogens with zero attached hydrogens (tertiary/aromatic N) is 1. The quantitative estimate of drug-likeness (QED) is 0.914. The number of likely N-dealkylation sites (tertiary alicyclic amines) is 1. The summed E-state index contributed by atoms with van der Waals surface area (Å²) in [5, 5.41) is 3.14. The van der Waals surface area contributed by atoms with Gasteiger partial charge in [-0.05, 0) is 48.6 Å². The molecule has 0 radical (unpaired) electrons. The van der Waals surface area contributed by atoms with Crippen molar-refractivity contribution in [2.24, 2.45) is 17.3 Å². The number of amides is 2. The summed E-state index contributed by atoms with van der Waals surface area (Å²) in [5.74, 6) is 1.14. The van der Waals surface area contributed by atoms with Crippen LogP contribution in [0.5, 0.6) is 0 Å². The highest BCUT2D eigenvalue weighted by atomic mass is 16.2. The van der Waals surface area contributed by atoms with Gasteiger partial charge in [-0.2, -0.15) is 0 Å². The van der Waals surface area contributed by atoms with Crippen LogP contribution in [0.4, 0.5) is 5.69 Å². The van der Waals surface area contributed by atoms with Crippen molar-refractivity contribution in [2.75, 3.05) is 18.4 Å². The van der Waals surface area contributed by atoms with Crippen molar-refractivity contribution < 1.29 is 9.59 Å². The average Bonchev–Trinajstić information content (AvgIpc) is 3.44. The van der Waals surface area contributed by atoms with Crippen LogP contribution in [0.2, 0.25) is 0 Å². The molecule has 2 amide bonds. The molecular formula is C21H28N2O2. The van der Waals surface area contributed by atoms with E-state index in [4.69, 9.17) is 0 Å². The number of fused-ring (bicyclic) bond motifs is 1. The molecule has 1 aromatic rings. The molecule has 25 heavy (non-hydrogen) atoms. The first-order chi connectivity index (χ1) is 11.8. The second-order valence-electron chi connectivity index (χ2n) is 9.11. The van der Waals surface area contributed by atoms with Gasteiger partial charge >= 0.3 is 0 Å². The number of rotatable bonds is 3. The van der Waals surface area contributed by atoms with E-state index in [0.717, 1.165) is 50.0 Å². The maximum atomic E-state index is 12.7. The van der Waals surface area contributed by atoms with Gasteiger partial charge in [0.05, 0.1) is 5.41 Å². The number of benzene rings is 1. The van der Waals surface area contributed by atoms with Crippen LogP contribution in [0.25, 0.3) is 0 Å². The van der Waals surface area contributed by atoms with Gasteiger partial charge in [0.2, 0.25) is 11.8 Å². The Morgan fingerprint density at radius 2 is 1.72 bits per heavy atom. The van der Waals surface area contributed by atoms with Crippen LogP contribution in [0, 0.1) is 17.3 Å². The average molecular weight is 340 g/mol. The summed E-state index contributed by atoms with van der Waals surface area (Å²) in [5.41, 5.74) is 2.12. The zero-order valence-corrected chi connectivity index (χ0v) is 15.5. The van der Waals surface area contributed by atoms with Gasteiger partial charge in [0, 0.05) is 24.7 Å². The zero-order chi connectivity index (χ0) is 17.8. The molecule has 0 spiro atoms. The fourth-order valence-corrected chi connectivity index (χ4v) is 4.19. The predicted octanol–water partition coefficient (Wildman–Crippen LogP) is 3.57. The molecule has 3 fully saturated rings. The van der Waals surface area contributed by atoms with E-state index in [-0.39, 0.29) is 22.7 Å². The summed E-state index contributed by atoms with van der Waals surface area (Å²) in [6, 6.07) is 8.05. The number of hydrogen-bond acceptors (Lipinski definition) is 2. The Bertz CT molecular complexity index is 705. The van der Waals surface area contributed by atoms with E-state index in [2.05, 4.69) is 32.2 Å². The first-order valence-corrected chi connectivity index (χ1v) is 9.51. The van der Waals surface area contributed by atoms with Crippen LogP contribution in [0.3, 0.4) is 0 Å². The lowest BCUT2D eigenvalue weighted by molar-refractivity contribution is -0.137. The van der Waals surface area contributed by atoms with Gasteiger partial charge in [0.1, 0.15) is 0 Å². The van der Waals surface area contributed by atoms with E-state index in [1.54, 1.807) is 0 Å². The third-order valence-corrected chi connectivity index (χ3v) is 6.25. The number of carbonyl (C=O) groups excluding carboxylic acids is 2. The Morgan fingerprint density at radius 3 is 2.28 bits per heavy atom. The van der Waals surface area contributed by atoms with Gasteiger partial charge in [-0.1, -0.05) is 39.0 Å². The van der Waals surface area contributed by atoms with E-state index in [9.17, 15) is 9.59 Å². The summed E-state index contributed by atoms with van der Waals surface area (Å²) in [6.45, 7) is 7.93. The lowest BCUT2D eigenvalue weighted by Crippen LogP contribution is -2.43. The summed E-state index contributed by atoms with van der Waals surface area (Å²) < 4.78 is 0. The molecule has 3 aliphatic rings. The van der Waals surface area contributed by atoms with Crippen LogP contribution in [0.15, 0.2) is 24.3 Å². The lowest BCUT2D eigenvalue weighted by Gasteiger charge is -2.32. The topological polar surface area (TPSA) is 49.4 Å². The van der Waals surface area contributed by atoms with Crippen LogP contribution in [0.1, 0.15) is 52.0 Å². The van der Waals surface area contributed by atoms with Gasteiger partial charge < -0.3 is 10.2 Å². The van der Waals surface area contributed by atoms with Crippen molar-refractivity contribution in [3.05, 3.63) is 29.8 Å². The molecular weight excluding hydrogens is 312 g/mol. The summed E-state index contributed by atoms with van der Waals surface area (Å²) >= 11 is 0. The van der Waals surface area contributed by atoms with Gasteiger partial charge in [0.15, 0.2) is 0 Å². The Morgan fingerprint density at radius 1 is 1.12 bits per heavy atom. The van der Waals surface area contributed by atoms with Crippen molar-refractivity contribution in [1.29, 1.82) is 0 Å².